The Hall–Kier alpha value is -4.16. The van der Waals surface area contributed by atoms with Crippen LogP contribution in [0, 0.1) is 5.82 Å². The molecule has 2 fully saturated rings. The molecule has 2 saturated heterocycles. The molecule has 4 aromatic rings. The van der Waals surface area contributed by atoms with Crippen LogP contribution in [0.4, 0.5) is 4.39 Å². The van der Waals surface area contributed by atoms with Gasteiger partial charge in [-0.1, -0.05) is 12.1 Å². The molecule has 0 bridgehead atoms. The largest absolute Gasteiger partial charge is 0.473 e. The minimum absolute atomic E-state index is 0.102. The van der Waals surface area contributed by atoms with Crippen molar-refractivity contribution in [2.75, 3.05) is 39.5 Å². The summed E-state index contributed by atoms with van der Waals surface area (Å²) in [6.07, 6.45) is 1.97. The average molecular weight is 627 g/mol. The zero-order valence-electron chi connectivity index (χ0n) is 25.5. The number of imidazole rings is 1. The van der Waals surface area contributed by atoms with Crippen LogP contribution in [0.1, 0.15) is 47.0 Å². The Morgan fingerprint density at radius 2 is 1.96 bits per heavy atom. The number of ether oxygens (including phenoxy) is 5. The van der Waals surface area contributed by atoms with Crippen molar-refractivity contribution in [2.24, 2.45) is 0 Å². The number of hydrogen-bond donors (Lipinski definition) is 0. The average Bonchev–Trinajstić information content (AvgIpc) is 3.23. The molecule has 4 aliphatic rings. The maximum atomic E-state index is 14.8. The van der Waals surface area contributed by atoms with E-state index < -0.39 is 0 Å². The molecule has 10 nitrogen and oxygen atoms in total. The predicted molar refractivity (Wildman–Crippen MR) is 166 cm³/mol. The molecule has 1 atom stereocenters. The van der Waals surface area contributed by atoms with Gasteiger partial charge in [0.05, 0.1) is 62.3 Å². The van der Waals surface area contributed by atoms with Gasteiger partial charge in [-0.05, 0) is 53.8 Å². The molecule has 8 rings (SSSR count). The minimum Gasteiger partial charge on any atom is -0.473 e. The maximum absolute atomic E-state index is 14.8. The second kappa shape index (κ2) is 12.6. The summed E-state index contributed by atoms with van der Waals surface area (Å²) in [5.74, 6) is 1.91. The number of halogens is 1. The van der Waals surface area contributed by atoms with Gasteiger partial charge < -0.3 is 28.3 Å². The number of nitrogens with zero attached hydrogens (tertiary/aromatic N) is 4. The molecule has 2 aromatic heterocycles. The van der Waals surface area contributed by atoms with Gasteiger partial charge in [0.15, 0.2) is 0 Å². The molecule has 0 saturated carbocycles. The van der Waals surface area contributed by atoms with Crippen LogP contribution in [0.5, 0.6) is 11.6 Å². The topological polar surface area (TPSA) is 97.2 Å². The van der Waals surface area contributed by atoms with Crippen molar-refractivity contribution in [3.63, 3.8) is 0 Å². The fraction of sp³-hybridized carbons (Fsp3) is 0.400. The summed E-state index contributed by atoms with van der Waals surface area (Å²) in [4.78, 5) is 23.2. The van der Waals surface area contributed by atoms with Crippen molar-refractivity contribution in [1.29, 1.82) is 0 Å². The quantitative estimate of drug-likeness (QED) is 0.231. The van der Waals surface area contributed by atoms with E-state index in [4.69, 9.17) is 33.7 Å². The molecule has 0 N–H and O–H groups in total. The van der Waals surface area contributed by atoms with E-state index in [1.807, 2.05) is 30.3 Å². The summed E-state index contributed by atoms with van der Waals surface area (Å²) in [5, 5.41) is 0. The van der Waals surface area contributed by atoms with E-state index in [-0.39, 0.29) is 24.4 Å². The second-order valence-corrected chi connectivity index (χ2v) is 12.4. The van der Waals surface area contributed by atoms with E-state index in [9.17, 15) is 9.18 Å². The van der Waals surface area contributed by atoms with Crippen LogP contribution >= 0.6 is 0 Å². The fourth-order valence-corrected chi connectivity index (χ4v) is 6.61. The zero-order valence-corrected chi connectivity index (χ0v) is 25.5. The Morgan fingerprint density at radius 1 is 1.04 bits per heavy atom. The standard InChI is InChI=1S/C35H35FN4O6/c36-30-11-22(26-18-43-19-26)1-2-23(30)20-45-34-6-3-24-16-42-17-25-13-39(9-7-29(25)35(24)38-34)15-33-37-31-5-4-27(46-21-41)12-32(31)40(33)14-28-8-10-44-28/h1-6,11-12,21,26,28H,7-10,13-20H2/t28-/m0/s1. The van der Waals surface area contributed by atoms with Crippen LogP contribution in [0.3, 0.4) is 0 Å². The SMILES string of the molecule is O=COc1ccc2nc(CN3CCC4=C(COCc5ccc(OCc6ccc(C7COC7)cc6F)nc54)C3)n(C[C@@H]3CCO3)c2c1. The van der Waals surface area contributed by atoms with Crippen molar-refractivity contribution >= 4 is 23.1 Å². The third-order valence-corrected chi connectivity index (χ3v) is 9.38. The van der Waals surface area contributed by atoms with Crippen LogP contribution in [0.2, 0.25) is 0 Å². The molecule has 11 heteroatoms. The molecule has 4 aliphatic heterocycles. The lowest BCUT2D eigenvalue weighted by atomic mass is 9.95. The van der Waals surface area contributed by atoms with Gasteiger partial charge in [0.2, 0.25) is 5.88 Å². The number of rotatable bonds is 10. The summed E-state index contributed by atoms with van der Waals surface area (Å²) in [6, 6.07) is 14.7. The van der Waals surface area contributed by atoms with Crippen LogP contribution in [0.15, 0.2) is 54.1 Å². The second-order valence-electron chi connectivity index (χ2n) is 12.4. The van der Waals surface area contributed by atoms with Crippen LogP contribution in [-0.2, 0) is 45.3 Å². The van der Waals surface area contributed by atoms with Crippen molar-refractivity contribution in [3.05, 3.63) is 88.1 Å². The number of carbonyl (C=O) groups excluding carboxylic acids is 1. The zero-order chi connectivity index (χ0) is 31.0. The van der Waals surface area contributed by atoms with E-state index in [1.54, 1.807) is 18.2 Å². The highest BCUT2D eigenvalue weighted by molar-refractivity contribution is 5.78. The van der Waals surface area contributed by atoms with Gasteiger partial charge in [-0.2, -0.15) is 0 Å². The van der Waals surface area contributed by atoms with Crippen LogP contribution in [0.25, 0.3) is 16.6 Å². The number of benzene rings is 2. The first-order valence-electron chi connectivity index (χ1n) is 15.8. The van der Waals surface area contributed by atoms with Gasteiger partial charge in [-0.25, -0.2) is 14.4 Å². The first kappa shape index (κ1) is 29.3. The highest BCUT2D eigenvalue weighted by Gasteiger charge is 2.28. The summed E-state index contributed by atoms with van der Waals surface area (Å²) in [5.41, 5.74) is 7.57. The Morgan fingerprint density at radius 3 is 2.74 bits per heavy atom. The highest BCUT2D eigenvalue weighted by Crippen LogP contribution is 2.34. The summed E-state index contributed by atoms with van der Waals surface area (Å²) in [6.45, 7) is 6.52. The smallest absolute Gasteiger partial charge is 0.298 e. The van der Waals surface area contributed by atoms with Gasteiger partial charge >= 0.3 is 0 Å². The molecule has 0 spiro atoms. The van der Waals surface area contributed by atoms with Gasteiger partial charge in [0, 0.05) is 48.9 Å². The fourth-order valence-electron chi connectivity index (χ4n) is 6.61. The van der Waals surface area contributed by atoms with E-state index in [0.717, 1.165) is 66.2 Å². The Bertz CT molecular complexity index is 1810. The number of carbonyl (C=O) groups is 1. The first-order valence-corrected chi connectivity index (χ1v) is 15.8. The summed E-state index contributed by atoms with van der Waals surface area (Å²) >= 11 is 0. The van der Waals surface area contributed by atoms with Crippen molar-refractivity contribution < 1.29 is 32.9 Å². The number of fused-ring (bicyclic) bond motifs is 3. The number of aromatic nitrogens is 3. The molecular weight excluding hydrogens is 591 g/mol. The third-order valence-electron chi connectivity index (χ3n) is 9.38. The molecular formula is C35H35FN4O6. The predicted octanol–water partition coefficient (Wildman–Crippen LogP) is 4.78. The van der Waals surface area contributed by atoms with Crippen LogP contribution in [-0.4, -0.2) is 71.5 Å². The number of hydrogen-bond acceptors (Lipinski definition) is 9. The minimum atomic E-state index is -0.270. The molecule has 6 heterocycles. The lowest BCUT2D eigenvalue weighted by Crippen LogP contribution is -2.35. The number of pyridine rings is 1. The molecule has 0 aliphatic carbocycles. The highest BCUT2D eigenvalue weighted by atomic mass is 19.1. The van der Waals surface area contributed by atoms with Crippen molar-refractivity contribution in [3.8, 4) is 11.6 Å². The summed E-state index contributed by atoms with van der Waals surface area (Å²) in [7, 11) is 0. The lowest BCUT2D eigenvalue weighted by Gasteiger charge is -2.31. The van der Waals surface area contributed by atoms with Gasteiger partial charge in [-0.15, -0.1) is 0 Å². The molecule has 46 heavy (non-hydrogen) atoms. The molecule has 0 radical (unpaired) electrons. The van der Waals surface area contributed by atoms with Gasteiger partial charge in [0.1, 0.15) is 24.0 Å². The Kier molecular flexibility index (Phi) is 7.99. The van der Waals surface area contributed by atoms with Crippen molar-refractivity contribution in [2.45, 2.75) is 51.2 Å². The molecule has 238 valence electrons. The van der Waals surface area contributed by atoms with E-state index in [0.29, 0.717) is 63.2 Å². The van der Waals surface area contributed by atoms with E-state index >= 15 is 0 Å². The van der Waals surface area contributed by atoms with Crippen molar-refractivity contribution in [1.82, 2.24) is 19.4 Å². The van der Waals surface area contributed by atoms with E-state index in [1.165, 1.54) is 11.1 Å². The monoisotopic (exact) mass is 626 g/mol. The first-order chi connectivity index (χ1) is 22.6. The Labute approximate surface area is 265 Å². The van der Waals surface area contributed by atoms with E-state index in [2.05, 4.69) is 9.47 Å². The lowest BCUT2D eigenvalue weighted by molar-refractivity contribution is -0.120. The molecule has 2 aromatic carbocycles. The molecule has 0 amide bonds. The maximum Gasteiger partial charge on any atom is 0.298 e. The summed E-state index contributed by atoms with van der Waals surface area (Å²) < 4.78 is 45.3. The Balaban J connectivity index is 1.000. The van der Waals surface area contributed by atoms with Gasteiger partial charge in [0.25, 0.3) is 6.47 Å². The van der Waals surface area contributed by atoms with Crippen LogP contribution < -0.4 is 9.47 Å². The molecule has 0 unspecified atom stereocenters. The normalized spacial score (nSPS) is 20.0. The third kappa shape index (κ3) is 5.79. The van der Waals surface area contributed by atoms with Gasteiger partial charge in [-0.3, -0.25) is 9.69 Å².